The van der Waals surface area contributed by atoms with Crippen LogP contribution in [0, 0.1) is 21.3 Å². The average Bonchev–Trinajstić information content (AvgIpc) is 3.16. The third-order valence-corrected chi connectivity index (χ3v) is 5.67. The summed E-state index contributed by atoms with van der Waals surface area (Å²) in [5.41, 5.74) is 0.677. The lowest BCUT2D eigenvalue weighted by atomic mass is 10.2. The number of nitrogens with one attached hydrogen (secondary N) is 1. The van der Waals surface area contributed by atoms with E-state index in [2.05, 4.69) is 4.98 Å². The molecule has 1 N–H and O–H groups in total. The lowest BCUT2D eigenvalue weighted by molar-refractivity contribution is -0.384. The summed E-state index contributed by atoms with van der Waals surface area (Å²) in [6.07, 6.45) is 1.40. The molecule has 1 saturated heterocycles. The summed E-state index contributed by atoms with van der Waals surface area (Å²) < 4.78 is 14.4. The van der Waals surface area contributed by atoms with Gasteiger partial charge in [0.15, 0.2) is 10.3 Å². The van der Waals surface area contributed by atoms with Crippen molar-refractivity contribution >= 4 is 61.3 Å². The number of amidine groups is 1. The Bertz CT molecular complexity index is 1160. The predicted molar refractivity (Wildman–Crippen MR) is 103 cm³/mol. The number of thioether (sulfide) groups is 1. The second-order valence-electron chi connectivity index (χ2n) is 5.48. The molecule has 1 aromatic heterocycles. The minimum Gasteiger partial charge on any atom is -0.278 e. The van der Waals surface area contributed by atoms with Crippen LogP contribution in [0.2, 0.25) is 0 Å². The fourth-order valence-electron chi connectivity index (χ4n) is 2.50. The molecule has 1 amide bonds. The maximum atomic E-state index is 13.8. The van der Waals surface area contributed by atoms with Gasteiger partial charge in [-0.2, -0.15) is 0 Å². The highest BCUT2D eigenvalue weighted by Crippen LogP contribution is 2.39. The van der Waals surface area contributed by atoms with Gasteiger partial charge in [-0.3, -0.25) is 20.3 Å². The summed E-state index contributed by atoms with van der Waals surface area (Å²) in [4.78, 5) is 28.7. The SMILES string of the molecule is N=C1S/C(=C\c2ccccc2F)C(=O)N1c1nc2ccc([N+](=O)[O-])cc2s1. The van der Waals surface area contributed by atoms with E-state index in [0.29, 0.717) is 10.2 Å². The molecule has 0 spiro atoms. The van der Waals surface area contributed by atoms with Crippen LogP contribution in [0.3, 0.4) is 0 Å². The second kappa shape index (κ2) is 6.56. The van der Waals surface area contributed by atoms with Crippen LogP contribution in [0.4, 0.5) is 15.2 Å². The molecule has 0 radical (unpaired) electrons. The summed E-state index contributed by atoms with van der Waals surface area (Å²) >= 11 is 1.99. The van der Waals surface area contributed by atoms with E-state index in [1.807, 2.05) is 0 Å². The topological polar surface area (TPSA) is 100 Å². The number of hydrogen-bond donors (Lipinski definition) is 1. The van der Waals surface area contributed by atoms with Gasteiger partial charge in [0.05, 0.1) is 20.0 Å². The maximum Gasteiger partial charge on any atom is 0.273 e. The number of nitro benzene ring substituents is 1. The molecule has 2 heterocycles. The molecular formula is C17H9FN4O3S2. The third kappa shape index (κ3) is 3.09. The zero-order chi connectivity index (χ0) is 19.1. The van der Waals surface area contributed by atoms with Gasteiger partial charge >= 0.3 is 0 Å². The molecule has 27 heavy (non-hydrogen) atoms. The molecule has 0 saturated carbocycles. The summed E-state index contributed by atoms with van der Waals surface area (Å²) in [7, 11) is 0. The van der Waals surface area contributed by atoms with Crippen molar-refractivity contribution in [3.05, 3.63) is 68.9 Å². The second-order valence-corrected chi connectivity index (χ2v) is 7.52. The first-order chi connectivity index (χ1) is 12.9. The van der Waals surface area contributed by atoms with Crippen molar-refractivity contribution in [1.82, 2.24) is 4.98 Å². The maximum absolute atomic E-state index is 13.8. The van der Waals surface area contributed by atoms with Crippen molar-refractivity contribution in [2.75, 3.05) is 4.90 Å². The Labute approximate surface area is 159 Å². The van der Waals surface area contributed by atoms with Crippen LogP contribution in [0.25, 0.3) is 16.3 Å². The van der Waals surface area contributed by atoms with Crippen LogP contribution < -0.4 is 4.90 Å². The van der Waals surface area contributed by atoms with Crippen LogP contribution in [0.1, 0.15) is 5.56 Å². The Morgan fingerprint density at radius 1 is 1.26 bits per heavy atom. The third-order valence-electron chi connectivity index (χ3n) is 3.78. The number of nitrogens with zero attached hydrogens (tertiary/aromatic N) is 3. The van der Waals surface area contributed by atoms with Gasteiger partial charge in [0.1, 0.15) is 5.82 Å². The quantitative estimate of drug-likeness (QED) is 0.399. The van der Waals surface area contributed by atoms with E-state index >= 15 is 0 Å². The van der Waals surface area contributed by atoms with Crippen LogP contribution >= 0.6 is 23.1 Å². The number of nitro groups is 1. The molecular weight excluding hydrogens is 391 g/mol. The predicted octanol–water partition coefficient (Wildman–Crippen LogP) is 4.40. The number of thiazole rings is 1. The number of halogens is 1. The molecule has 0 bridgehead atoms. The summed E-state index contributed by atoms with van der Waals surface area (Å²) in [5, 5.41) is 19.2. The number of benzene rings is 2. The molecule has 1 aliphatic rings. The number of amides is 1. The van der Waals surface area contributed by atoms with Crippen molar-refractivity contribution in [2.45, 2.75) is 0 Å². The number of non-ortho nitro benzene ring substituents is 1. The fourth-order valence-corrected chi connectivity index (χ4v) is 4.40. The smallest absolute Gasteiger partial charge is 0.273 e. The molecule has 0 atom stereocenters. The molecule has 134 valence electrons. The first kappa shape index (κ1) is 17.3. The largest absolute Gasteiger partial charge is 0.278 e. The van der Waals surface area contributed by atoms with Gasteiger partial charge in [-0.25, -0.2) is 14.3 Å². The van der Waals surface area contributed by atoms with Gasteiger partial charge in [0, 0.05) is 17.7 Å². The lowest BCUT2D eigenvalue weighted by Gasteiger charge is -2.09. The monoisotopic (exact) mass is 400 g/mol. The summed E-state index contributed by atoms with van der Waals surface area (Å²) in [6, 6.07) is 10.3. The number of carbonyl (C=O) groups excluding carboxylic acids is 1. The van der Waals surface area contributed by atoms with Gasteiger partial charge < -0.3 is 0 Å². The van der Waals surface area contributed by atoms with Gasteiger partial charge in [-0.1, -0.05) is 29.5 Å². The molecule has 2 aromatic carbocycles. The first-order valence-electron chi connectivity index (χ1n) is 7.56. The minimum atomic E-state index is -0.507. The lowest BCUT2D eigenvalue weighted by Crippen LogP contribution is -2.27. The molecule has 0 aliphatic carbocycles. The highest BCUT2D eigenvalue weighted by Gasteiger charge is 2.35. The van der Waals surface area contributed by atoms with E-state index in [4.69, 9.17) is 5.41 Å². The summed E-state index contributed by atoms with van der Waals surface area (Å²) in [5.74, 6) is -0.947. The number of carbonyl (C=O) groups is 1. The van der Waals surface area contributed by atoms with E-state index in [9.17, 15) is 19.3 Å². The van der Waals surface area contributed by atoms with E-state index in [-0.39, 0.29) is 26.5 Å². The van der Waals surface area contributed by atoms with Crippen molar-refractivity contribution < 1.29 is 14.1 Å². The normalized spacial score (nSPS) is 15.9. The summed E-state index contributed by atoms with van der Waals surface area (Å²) in [6.45, 7) is 0. The number of fused-ring (bicyclic) bond motifs is 1. The number of rotatable bonds is 3. The molecule has 4 rings (SSSR count). The Morgan fingerprint density at radius 2 is 2.04 bits per heavy atom. The Balaban J connectivity index is 1.71. The van der Waals surface area contributed by atoms with Crippen LogP contribution in [-0.4, -0.2) is 21.0 Å². The van der Waals surface area contributed by atoms with Crippen molar-refractivity contribution in [3.8, 4) is 0 Å². The Kier molecular flexibility index (Phi) is 4.21. The zero-order valence-corrected chi connectivity index (χ0v) is 15.0. The van der Waals surface area contributed by atoms with Gasteiger partial charge in [0.25, 0.3) is 11.6 Å². The molecule has 7 nitrogen and oxygen atoms in total. The van der Waals surface area contributed by atoms with Gasteiger partial charge in [0.2, 0.25) is 0 Å². The molecule has 1 fully saturated rings. The highest BCUT2D eigenvalue weighted by atomic mass is 32.2. The van der Waals surface area contributed by atoms with E-state index in [0.717, 1.165) is 28.0 Å². The van der Waals surface area contributed by atoms with Crippen LogP contribution in [0.15, 0.2) is 47.4 Å². The Hall–Kier alpha value is -3.11. The molecule has 10 heteroatoms. The number of hydrogen-bond acceptors (Lipinski definition) is 7. The van der Waals surface area contributed by atoms with E-state index in [1.165, 1.54) is 30.3 Å². The van der Waals surface area contributed by atoms with Crippen molar-refractivity contribution in [1.29, 1.82) is 5.41 Å². The molecule has 0 unspecified atom stereocenters. The van der Waals surface area contributed by atoms with E-state index < -0.39 is 16.6 Å². The molecule has 1 aliphatic heterocycles. The average molecular weight is 400 g/mol. The number of aromatic nitrogens is 1. The Morgan fingerprint density at radius 3 is 2.78 bits per heavy atom. The van der Waals surface area contributed by atoms with Gasteiger partial charge in [-0.05, 0) is 30.0 Å². The van der Waals surface area contributed by atoms with E-state index in [1.54, 1.807) is 18.2 Å². The molecule has 3 aromatic rings. The minimum absolute atomic E-state index is 0.0591. The van der Waals surface area contributed by atoms with Crippen molar-refractivity contribution in [2.24, 2.45) is 0 Å². The highest BCUT2D eigenvalue weighted by molar-refractivity contribution is 8.19. The van der Waals surface area contributed by atoms with Gasteiger partial charge in [-0.15, -0.1) is 0 Å². The van der Waals surface area contributed by atoms with Crippen LogP contribution in [-0.2, 0) is 4.79 Å². The standard InChI is InChI=1S/C17H9FN4O3S2/c18-11-4-2-1-3-9(11)7-14-15(23)21(16(19)26-14)17-20-12-6-5-10(22(24)25)8-13(12)27-17/h1-8,19H/b14-7-,19-16?. The van der Waals surface area contributed by atoms with Crippen molar-refractivity contribution in [3.63, 3.8) is 0 Å². The first-order valence-corrected chi connectivity index (χ1v) is 9.19. The fraction of sp³-hybridized carbons (Fsp3) is 0. The number of anilines is 1. The zero-order valence-electron chi connectivity index (χ0n) is 13.4. The van der Waals surface area contributed by atoms with Crippen LogP contribution in [0.5, 0.6) is 0 Å².